The van der Waals surface area contributed by atoms with Crippen LogP contribution in [0.1, 0.15) is 21.8 Å². The van der Waals surface area contributed by atoms with Crippen molar-refractivity contribution in [2.24, 2.45) is 0 Å². The van der Waals surface area contributed by atoms with Crippen LogP contribution in [0.15, 0.2) is 41.8 Å². The van der Waals surface area contributed by atoms with Crippen molar-refractivity contribution in [1.82, 2.24) is 15.0 Å². The highest BCUT2D eigenvalue weighted by atomic mass is 35.5. The highest BCUT2D eigenvalue weighted by Crippen LogP contribution is 2.18. The lowest BCUT2D eigenvalue weighted by molar-refractivity contribution is 0.626. The van der Waals surface area contributed by atoms with Crippen LogP contribution in [-0.4, -0.2) is 15.0 Å². The molecule has 2 aromatic heterocycles. The van der Waals surface area contributed by atoms with E-state index in [1.807, 2.05) is 41.8 Å². The minimum absolute atomic E-state index is 0.386. The molecule has 3 rings (SSSR count). The molecule has 0 amide bonds. The largest absolute Gasteiger partial charge is 0.243 e. The summed E-state index contributed by atoms with van der Waals surface area (Å²) < 4.78 is 1.78. The Bertz CT molecular complexity index is 769. The molecule has 104 valence electrons. The third-order valence-electron chi connectivity index (χ3n) is 3.11. The van der Waals surface area contributed by atoms with Gasteiger partial charge in [-0.1, -0.05) is 35.0 Å². The summed E-state index contributed by atoms with van der Waals surface area (Å²) in [4.78, 5) is 1.19. The van der Waals surface area contributed by atoms with Gasteiger partial charge >= 0.3 is 0 Å². The molecule has 1 aromatic carbocycles. The second-order valence-corrected chi connectivity index (χ2v) is 6.01. The van der Waals surface area contributed by atoms with Gasteiger partial charge in [0.05, 0.1) is 12.2 Å². The van der Waals surface area contributed by atoms with Crippen molar-refractivity contribution in [3.63, 3.8) is 0 Å². The predicted octanol–water partition coefficient (Wildman–Crippen LogP) is 3.50. The topological polar surface area (TPSA) is 54.5 Å². The summed E-state index contributed by atoms with van der Waals surface area (Å²) in [5.41, 5.74) is 2.30. The Morgan fingerprint density at radius 3 is 2.71 bits per heavy atom. The molecule has 0 aliphatic heterocycles. The fraction of sp³-hybridized carbons (Fsp3) is 0.133. The zero-order valence-corrected chi connectivity index (χ0v) is 12.6. The molecular weight excluding hydrogens is 304 g/mol. The molecule has 21 heavy (non-hydrogen) atoms. The normalized spacial score (nSPS) is 10.5. The van der Waals surface area contributed by atoms with E-state index in [-0.39, 0.29) is 0 Å². The number of aromatic nitrogens is 3. The lowest BCUT2D eigenvalue weighted by Crippen LogP contribution is -2.07. The molecule has 0 saturated carbocycles. The Morgan fingerprint density at radius 1 is 1.24 bits per heavy atom. The van der Waals surface area contributed by atoms with Crippen LogP contribution < -0.4 is 0 Å². The number of thiophene rings is 1. The number of hydrogen-bond acceptors (Lipinski definition) is 4. The van der Waals surface area contributed by atoms with Gasteiger partial charge in [0, 0.05) is 16.3 Å². The molecule has 6 heteroatoms. The smallest absolute Gasteiger partial charge is 0.186 e. The van der Waals surface area contributed by atoms with Crippen LogP contribution in [0.25, 0.3) is 0 Å². The standard InChI is InChI=1S/C15H11ClN4S/c16-12-5-3-11(4-6-12)10-20-15(14(9-17)18-19-20)8-13-2-1-7-21-13/h1-7H,8,10H2. The van der Waals surface area contributed by atoms with E-state index in [1.54, 1.807) is 16.0 Å². The van der Waals surface area contributed by atoms with Gasteiger partial charge in [-0.3, -0.25) is 0 Å². The lowest BCUT2D eigenvalue weighted by atomic mass is 10.2. The molecule has 4 nitrogen and oxygen atoms in total. The van der Waals surface area contributed by atoms with E-state index >= 15 is 0 Å². The average molecular weight is 315 g/mol. The van der Waals surface area contributed by atoms with Crippen molar-refractivity contribution in [2.75, 3.05) is 0 Å². The molecule has 2 heterocycles. The second kappa shape index (κ2) is 6.08. The van der Waals surface area contributed by atoms with Crippen molar-refractivity contribution in [3.8, 4) is 6.07 Å². The molecular formula is C15H11ClN4S. The monoisotopic (exact) mass is 314 g/mol. The van der Waals surface area contributed by atoms with Crippen molar-refractivity contribution in [2.45, 2.75) is 13.0 Å². The summed E-state index contributed by atoms with van der Waals surface area (Å²) in [6.07, 6.45) is 0.668. The third-order valence-corrected chi connectivity index (χ3v) is 4.24. The minimum atomic E-state index is 0.386. The fourth-order valence-electron chi connectivity index (χ4n) is 2.06. The van der Waals surface area contributed by atoms with E-state index in [9.17, 15) is 5.26 Å². The Kier molecular flexibility index (Phi) is 4.00. The molecule has 0 spiro atoms. The zero-order chi connectivity index (χ0) is 14.7. The van der Waals surface area contributed by atoms with Gasteiger partial charge in [-0.2, -0.15) is 5.26 Å². The van der Waals surface area contributed by atoms with Gasteiger partial charge in [-0.15, -0.1) is 16.4 Å². The van der Waals surface area contributed by atoms with Gasteiger partial charge in [0.1, 0.15) is 6.07 Å². The zero-order valence-electron chi connectivity index (χ0n) is 11.0. The average Bonchev–Trinajstić information content (AvgIpc) is 3.13. The van der Waals surface area contributed by atoms with Gasteiger partial charge in [-0.25, -0.2) is 4.68 Å². The summed E-state index contributed by atoms with van der Waals surface area (Å²) in [6.45, 7) is 0.576. The second-order valence-electron chi connectivity index (χ2n) is 4.54. The molecule has 0 unspecified atom stereocenters. The molecule has 0 N–H and O–H groups in total. The minimum Gasteiger partial charge on any atom is -0.243 e. The first-order valence-corrected chi connectivity index (χ1v) is 7.61. The van der Waals surface area contributed by atoms with E-state index in [0.717, 1.165) is 11.3 Å². The van der Waals surface area contributed by atoms with Crippen molar-refractivity contribution in [1.29, 1.82) is 5.26 Å². The third kappa shape index (κ3) is 3.13. The van der Waals surface area contributed by atoms with Crippen LogP contribution >= 0.6 is 22.9 Å². The highest BCUT2D eigenvalue weighted by molar-refractivity contribution is 7.09. The van der Waals surface area contributed by atoms with Gasteiger partial charge < -0.3 is 0 Å². The Hall–Kier alpha value is -2.16. The molecule has 0 radical (unpaired) electrons. The van der Waals surface area contributed by atoms with Crippen LogP contribution in [0.3, 0.4) is 0 Å². The van der Waals surface area contributed by atoms with E-state index in [4.69, 9.17) is 11.6 Å². The number of benzene rings is 1. The molecule has 0 fully saturated rings. The number of rotatable bonds is 4. The van der Waals surface area contributed by atoms with E-state index in [1.165, 1.54) is 4.88 Å². The summed E-state index contributed by atoms with van der Waals surface area (Å²) in [6, 6.07) is 13.7. The Balaban J connectivity index is 1.90. The maximum Gasteiger partial charge on any atom is 0.186 e. The quantitative estimate of drug-likeness (QED) is 0.740. The Labute approximate surface area is 131 Å². The van der Waals surface area contributed by atoms with Gasteiger partial charge in [0.25, 0.3) is 0 Å². The maximum absolute atomic E-state index is 9.18. The van der Waals surface area contributed by atoms with Crippen LogP contribution in [0.5, 0.6) is 0 Å². The number of hydrogen-bond donors (Lipinski definition) is 0. The predicted molar refractivity (Wildman–Crippen MR) is 82.4 cm³/mol. The number of halogens is 1. The van der Waals surface area contributed by atoms with Crippen molar-refractivity contribution >= 4 is 22.9 Å². The summed E-state index contributed by atoms with van der Waals surface area (Å²) in [7, 11) is 0. The van der Waals surface area contributed by atoms with Gasteiger partial charge in [0.2, 0.25) is 0 Å². The molecule has 0 bridgehead atoms. The van der Waals surface area contributed by atoms with E-state index in [0.29, 0.717) is 23.7 Å². The molecule has 0 aliphatic rings. The highest BCUT2D eigenvalue weighted by Gasteiger charge is 2.14. The van der Waals surface area contributed by atoms with E-state index in [2.05, 4.69) is 16.4 Å². The first-order valence-electron chi connectivity index (χ1n) is 6.35. The summed E-state index contributed by atoms with van der Waals surface area (Å²) in [5, 5.41) is 20.0. The summed E-state index contributed by atoms with van der Waals surface area (Å²) in [5.74, 6) is 0. The van der Waals surface area contributed by atoms with Crippen molar-refractivity contribution < 1.29 is 0 Å². The molecule has 0 aliphatic carbocycles. The van der Waals surface area contributed by atoms with Crippen LogP contribution in [0, 0.1) is 11.3 Å². The molecule has 3 aromatic rings. The van der Waals surface area contributed by atoms with Gasteiger partial charge in [-0.05, 0) is 29.1 Å². The van der Waals surface area contributed by atoms with Crippen LogP contribution in [0.4, 0.5) is 0 Å². The fourth-order valence-corrected chi connectivity index (χ4v) is 2.90. The molecule has 0 saturated heterocycles. The first-order chi connectivity index (χ1) is 10.3. The summed E-state index contributed by atoms with van der Waals surface area (Å²) >= 11 is 7.55. The lowest BCUT2D eigenvalue weighted by Gasteiger charge is -2.06. The van der Waals surface area contributed by atoms with Crippen molar-refractivity contribution in [3.05, 3.63) is 68.6 Å². The maximum atomic E-state index is 9.18. The number of nitrogens with zero attached hydrogens (tertiary/aromatic N) is 4. The Morgan fingerprint density at radius 2 is 2.05 bits per heavy atom. The van der Waals surface area contributed by atoms with Crippen LogP contribution in [-0.2, 0) is 13.0 Å². The number of nitriles is 1. The van der Waals surface area contributed by atoms with E-state index < -0.39 is 0 Å². The SMILES string of the molecule is N#Cc1nnn(Cc2ccc(Cl)cc2)c1Cc1cccs1. The van der Waals surface area contributed by atoms with Crippen LogP contribution in [0.2, 0.25) is 5.02 Å². The first kappa shape index (κ1) is 13.8. The molecule has 0 atom stereocenters. The van der Waals surface area contributed by atoms with Gasteiger partial charge in [0.15, 0.2) is 5.69 Å².